The number of fused-ring (bicyclic) bond motifs is 1. The number of hydrogen-bond donors (Lipinski definition) is 3. The van der Waals surface area contributed by atoms with Crippen LogP contribution in [0.1, 0.15) is 30.3 Å². The van der Waals surface area contributed by atoms with E-state index in [2.05, 4.69) is 10.1 Å². The Morgan fingerprint density at radius 2 is 1.90 bits per heavy atom. The van der Waals surface area contributed by atoms with Crippen LogP contribution in [-0.2, 0) is 6.61 Å². The lowest BCUT2D eigenvalue weighted by Crippen LogP contribution is -2.36. The van der Waals surface area contributed by atoms with Crippen LogP contribution in [0.3, 0.4) is 0 Å². The summed E-state index contributed by atoms with van der Waals surface area (Å²) in [5, 5.41) is 24.4. The summed E-state index contributed by atoms with van der Waals surface area (Å²) >= 11 is 0. The average molecular weight is 401 g/mol. The summed E-state index contributed by atoms with van der Waals surface area (Å²) < 4.78 is 1.77. The van der Waals surface area contributed by atoms with Crippen LogP contribution in [0.4, 0.5) is 0 Å². The molecule has 152 valence electrons. The molecule has 1 aromatic carbocycles. The van der Waals surface area contributed by atoms with Crippen LogP contribution in [0.15, 0.2) is 60.8 Å². The van der Waals surface area contributed by atoms with Crippen LogP contribution in [0.2, 0.25) is 0 Å². The van der Waals surface area contributed by atoms with E-state index in [1.54, 1.807) is 16.9 Å². The van der Waals surface area contributed by atoms with Crippen LogP contribution in [0.5, 0.6) is 0 Å². The second-order valence-corrected chi connectivity index (χ2v) is 7.83. The Kier molecular flexibility index (Phi) is 4.78. The number of nitrogens with two attached hydrogens (primary N) is 1. The number of aromatic nitrogens is 4. The highest BCUT2D eigenvalue weighted by Crippen LogP contribution is 2.36. The smallest absolute Gasteiger partial charge is 0.154 e. The van der Waals surface area contributed by atoms with Crippen LogP contribution in [0.25, 0.3) is 28.0 Å². The van der Waals surface area contributed by atoms with Crippen LogP contribution >= 0.6 is 0 Å². The first kappa shape index (κ1) is 18.9. The SMILES string of the molecule is N[C@@H](c1cccc(-c2ccc3cnn(-c4cccc(CO)n4)c3c2)n1)[C@H]1C[C@H](O)C1. The zero-order chi connectivity index (χ0) is 20.7. The number of nitrogens with zero attached hydrogens (tertiary/aromatic N) is 4. The molecule has 0 amide bonds. The van der Waals surface area contributed by atoms with E-state index >= 15 is 0 Å². The summed E-state index contributed by atoms with van der Waals surface area (Å²) in [6.45, 7) is -0.118. The van der Waals surface area contributed by atoms with E-state index in [0.29, 0.717) is 11.5 Å². The molecule has 1 atom stereocenters. The van der Waals surface area contributed by atoms with Gasteiger partial charge in [0.25, 0.3) is 0 Å². The minimum Gasteiger partial charge on any atom is -0.393 e. The normalized spacial score (nSPS) is 19.6. The molecular formula is C23H23N5O2. The number of hydrogen-bond acceptors (Lipinski definition) is 6. The second-order valence-electron chi connectivity index (χ2n) is 7.83. The van der Waals surface area contributed by atoms with Gasteiger partial charge in [0.1, 0.15) is 0 Å². The first-order valence-electron chi connectivity index (χ1n) is 10.1. The molecule has 5 rings (SSSR count). The average Bonchev–Trinajstić information content (AvgIpc) is 3.20. The summed E-state index contributed by atoms with van der Waals surface area (Å²) in [4.78, 5) is 9.27. The number of benzene rings is 1. The Bertz CT molecular complexity index is 1200. The molecule has 3 aromatic heterocycles. The molecule has 1 aliphatic carbocycles. The third-order valence-electron chi connectivity index (χ3n) is 5.81. The summed E-state index contributed by atoms with van der Waals surface area (Å²) in [5.41, 5.74) is 10.5. The van der Waals surface area contributed by atoms with Crippen LogP contribution in [0, 0.1) is 5.92 Å². The molecule has 1 fully saturated rings. The molecule has 30 heavy (non-hydrogen) atoms. The fraction of sp³-hybridized carbons (Fsp3) is 0.261. The van der Waals surface area contributed by atoms with Gasteiger partial charge in [-0.05, 0) is 49.1 Å². The van der Waals surface area contributed by atoms with Gasteiger partial charge in [-0.1, -0.05) is 24.3 Å². The number of pyridine rings is 2. The second kappa shape index (κ2) is 7.60. The standard InChI is InChI=1S/C23H23N5O2/c24-23(16-9-18(30)10-16)20-5-2-4-19(27-20)14-7-8-15-12-25-28(21(15)11-14)22-6-1-3-17(13-29)26-22/h1-8,11-12,16,18,23,29-30H,9-10,13,24H2/t16-,18-,23-/m1/s1. The lowest BCUT2D eigenvalue weighted by Gasteiger charge is -2.35. The molecule has 7 nitrogen and oxygen atoms in total. The lowest BCUT2D eigenvalue weighted by molar-refractivity contribution is 0.0302. The largest absolute Gasteiger partial charge is 0.393 e. The van der Waals surface area contributed by atoms with Gasteiger partial charge in [0.05, 0.1) is 47.5 Å². The van der Waals surface area contributed by atoms with E-state index in [-0.39, 0.29) is 24.7 Å². The fourth-order valence-electron chi connectivity index (χ4n) is 4.00. The Labute approximate surface area is 173 Å². The molecular weight excluding hydrogens is 378 g/mol. The molecule has 4 N–H and O–H groups in total. The molecule has 0 bridgehead atoms. The molecule has 4 aromatic rings. The highest BCUT2D eigenvalue weighted by molar-refractivity contribution is 5.84. The van der Waals surface area contributed by atoms with E-state index in [0.717, 1.165) is 40.7 Å². The maximum absolute atomic E-state index is 9.58. The van der Waals surface area contributed by atoms with Crippen LogP contribution < -0.4 is 5.73 Å². The third kappa shape index (κ3) is 3.37. The van der Waals surface area contributed by atoms with Crippen molar-refractivity contribution in [3.05, 3.63) is 72.2 Å². The zero-order valence-electron chi connectivity index (χ0n) is 16.4. The quantitative estimate of drug-likeness (QED) is 0.474. The minimum atomic E-state index is -0.232. The predicted octanol–water partition coefficient (Wildman–Crippen LogP) is 2.75. The van der Waals surface area contributed by atoms with Crippen molar-refractivity contribution in [3.8, 4) is 17.1 Å². The Morgan fingerprint density at radius 1 is 1.07 bits per heavy atom. The van der Waals surface area contributed by atoms with E-state index in [1.807, 2.05) is 48.5 Å². The monoisotopic (exact) mass is 401 g/mol. The van der Waals surface area contributed by atoms with E-state index in [1.165, 1.54) is 0 Å². The summed E-state index contributed by atoms with van der Waals surface area (Å²) in [6, 6.07) is 17.3. The molecule has 7 heteroatoms. The molecule has 3 heterocycles. The van der Waals surface area contributed by atoms with Crippen molar-refractivity contribution >= 4 is 10.9 Å². The summed E-state index contributed by atoms with van der Waals surface area (Å²) in [5.74, 6) is 0.928. The van der Waals surface area contributed by atoms with Crippen molar-refractivity contribution in [3.63, 3.8) is 0 Å². The van der Waals surface area contributed by atoms with Gasteiger partial charge in [0, 0.05) is 10.9 Å². The maximum atomic E-state index is 9.58. The molecule has 0 saturated heterocycles. The van der Waals surface area contributed by atoms with Crippen molar-refractivity contribution in [1.82, 2.24) is 19.7 Å². The van der Waals surface area contributed by atoms with Crippen LogP contribution in [-0.4, -0.2) is 36.1 Å². The van der Waals surface area contributed by atoms with E-state index in [4.69, 9.17) is 10.7 Å². The molecule has 0 radical (unpaired) electrons. The zero-order valence-corrected chi connectivity index (χ0v) is 16.4. The Balaban J connectivity index is 1.52. The van der Waals surface area contributed by atoms with Crippen molar-refractivity contribution in [2.45, 2.75) is 31.6 Å². The van der Waals surface area contributed by atoms with Gasteiger partial charge in [-0.15, -0.1) is 0 Å². The lowest BCUT2D eigenvalue weighted by atomic mass is 9.76. The Morgan fingerprint density at radius 3 is 2.70 bits per heavy atom. The number of rotatable bonds is 5. The third-order valence-corrected chi connectivity index (χ3v) is 5.81. The minimum absolute atomic E-state index is 0.118. The van der Waals surface area contributed by atoms with Gasteiger partial charge >= 0.3 is 0 Å². The molecule has 0 spiro atoms. The number of aliphatic hydroxyl groups excluding tert-OH is 2. The van der Waals surface area contributed by atoms with Gasteiger partial charge < -0.3 is 15.9 Å². The molecule has 0 aliphatic heterocycles. The Hall–Kier alpha value is -3.13. The van der Waals surface area contributed by atoms with E-state index < -0.39 is 0 Å². The fourth-order valence-corrected chi connectivity index (χ4v) is 4.00. The van der Waals surface area contributed by atoms with Gasteiger partial charge in [-0.25, -0.2) is 9.67 Å². The first-order chi connectivity index (χ1) is 14.6. The molecule has 1 saturated carbocycles. The highest BCUT2D eigenvalue weighted by Gasteiger charge is 2.33. The topological polar surface area (TPSA) is 110 Å². The van der Waals surface area contributed by atoms with Crippen molar-refractivity contribution in [2.75, 3.05) is 0 Å². The van der Waals surface area contributed by atoms with Gasteiger partial charge in [0.2, 0.25) is 0 Å². The van der Waals surface area contributed by atoms with Crippen molar-refractivity contribution in [2.24, 2.45) is 11.7 Å². The van der Waals surface area contributed by atoms with E-state index in [9.17, 15) is 10.2 Å². The summed E-state index contributed by atoms with van der Waals surface area (Å²) in [7, 11) is 0. The van der Waals surface area contributed by atoms with Gasteiger partial charge in [-0.3, -0.25) is 4.98 Å². The summed E-state index contributed by atoms with van der Waals surface area (Å²) in [6.07, 6.45) is 3.04. The van der Waals surface area contributed by atoms with Crippen molar-refractivity contribution in [1.29, 1.82) is 0 Å². The maximum Gasteiger partial charge on any atom is 0.154 e. The highest BCUT2D eigenvalue weighted by atomic mass is 16.3. The van der Waals surface area contributed by atoms with Gasteiger partial charge in [-0.2, -0.15) is 5.10 Å². The predicted molar refractivity (Wildman–Crippen MR) is 114 cm³/mol. The molecule has 1 aliphatic rings. The first-order valence-corrected chi connectivity index (χ1v) is 10.1. The number of aliphatic hydroxyl groups is 2. The van der Waals surface area contributed by atoms with Gasteiger partial charge in [0.15, 0.2) is 5.82 Å². The van der Waals surface area contributed by atoms with Crippen molar-refractivity contribution < 1.29 is 10.2 Å². The molecule has 0 unspecified atom stereocenters.